The molecule has 1 saturated heterocycles. The molecule has 0 saturated carbocycles. The molecule has 1 unspecified atom stereocenters. The van der Waals surface area contributed by atoms with Crippen LogP contribution in [0.5, 0.6) is 5.75 Å². The second-order valence-corrected chi connectivity index (χ2v) is 5.71. The summed E-state index contributed by atoms with van der Waals surface area (Å²) in [6, 6.07) is 7.22. The van der Waals surface area contributed by atoms with Crippen molar-refractivity contribution in [3.63, 3.8) is 0 Å². The Balaban J connectivity index is 1.68. The van der Waals surface area contributed by atoms with Gasteiger partial charge >= 0.3 is 0 Å². The highest BCUT2D eigenvalue weighted by molar-refractivity contribution is 6.31. The van der Waals surface area contributed by atoms with Crippen LogP contribution in [0.15, 0.2) is 30.6 Å². The van der Waals surface area contributed by atoms with Gasteiger partial charge in [-0.05, 0) is 31.0 Å². The second-order valence-electron chi connectivity index (χ2n) is 5.27. The minimum atomic E-state index is 0.259. The Bertz CT molecular complexity index is 662. The SMILES string of the molecule is COc1ccc(Cl)cc1Nc1cc(NCC2CCCO2)ncn1. The summed E-state index contributed by atoms with van der Waals surface area (Å²) in [5.74, 6) is 2.11. The molecule has 1 fully saturated rings. The van der Waals surface area contributed by atoms with Gasteiger partial charge < -0.3 is 20.1 Å². The lowest BCUT2D eigenvalue weighted by Crippen LogP contribution is -2.19. The summed E-state index contributed by atoms with van der Waals surface area (Å²) in [7, 11) is 1.61. The molecule has 1 aromatic carbocycles. The number of benzene rings is 1. The molecule has 1 atom stereocenters. The largest absolute Gasteiger partial charge is 0.495 e. The molecule has 7 heteroatoms. The first-order chi connectivity index (χ1) is 11.2. The molecule has 3 rings (SSSR count). The first-order valence-corrected chi connectivity index (χ1v) is 7.90. The van der Waals surface area contributed by atoms with Gasteiger partial charge in [0.1, 0.15) is 23.7 Å². The van der Waals surface area contributed by atoms with Gasteiger partial charge in [0.2, 0.25) is 0 Å². The van der Waals surface area contributed by atoms with E-state index < -0.39 is 0 Å². The van der Waals surface area contributed by atoms with Gasteiger partial charge in [-0.15, -0.1) is 0 Å². The third-order valence-electron chi connectivity index (χ3n) is 3.63. The molecule has 2 N–H and O–H groups in total. The lowest BCUT2D eigenvalue weighted by Gasteiger charge is -2.13. The summed E-state index contributed by atoms with van der Waals surface area (Å²) in [5.41, 5.74) is 0.753. The first kappa shape index (κ1) is 15.8. The quantitative estimate of drug-likeness (QED) is 0.843. The maximum Gasteiger partial charge on any atom is 0.142 e. The fourth-order valence-electron chi connectivity index (χ4n) is 2.46. The summed E-state index contributed by atoms with van der Waals surface area (Å²) in [6.45, 7) is 1.59. The number of aromatic nitrogens is 2. The minimum Gasteiger partial charge on any atom is -0.495 e. The average Bonchev–Trinajstić information content (AvgIpc) is 3.07. The Hall–Kier alpha value is -2.05. The van der Waals surface area contributed by atoms with Crippen LogP contribution in [0.1, 0.15) is 12.8 Å². The molecule has 23 heavy (non-hydrogen) atoms. The monoisotopic (exact) mass is 334 g/mol. The Morgan fingerprint density at radius 3 is 2.96 bits per heavy atom. The van der Waals surface area contributed by atoms with Crippen molar-refractivity contribution in [3.05, 3.63) is 35.6 Å². The number of methoxy groups -OCH3 is 1. The van der Waals surface area contributed by atoms with Gasteiger partial charge in [-0.1, -0.05) is 11.6 Å². The fraction of sp³-hybridized carbons (Fsp3) is 0.375. The molecule has 0 bridgehead atoms. The van der Waals surface area contributed by atoms with E-state index in [1.165, 1.54) is 6.33 Å². The Morgan fingerprint density at radius 1 is 1.30 bits per heavy atom. The fourth-order valence-corrected chi connectivity index (χ4v) is 2.63. The first-order valence-electron chi connectivity index (χ1n) is 7.52. The molecular formula is C16H19ClN4O2. The van der Waals surface area contributed by atoms with Crippen LogP contribution in [-0.4, -0.2) is 36.3 Å². The molecule has 0 radical (unpaired) electrons. The maximum absolute atomic E-state index is 6.04. The number of anilines is 3. The van der Waals surface area contributed by atoms with E-state index in [-0.39, 0.29) is 6.10 Å². The lowest BCUT2D eigenvalue weighted by atomic mass is 10.2. The molecule has 0 amide bonds. The molecule has 6 nitrogen and oxygen atoms in total. The van der Waals surface area contributed by atoms with E-state index >= 15 is 0 Å². The Kier molecular flexibility index (Phi) is 5.15. The Morgan fingerprint density at radius 2 is 2.17 bits per heavy atom. The summed E-state index contributed by atoms with van der Waals surface area (Å²) >= 11 is 6.04. The van der Waals surface area contributed by atoms with Crippen molar-refractivity contribution >= 4 is 28.9 Å². The van der Waals surface area contributed by atoms with Crippen molar-refractivity contribution in [3.8, 4) is 5.75 Å². The average molecular weight is 335 g/mol. The highest BCUT2D eigenvalue weighted by Crippen LogP contribution is 2.30. The van der Waals surface area contributed by atoms with Crippen LogP contribution >= 0.6 is 11.6 Å². The van der Waals surface area contributed by atoms with Crippen molar-refractivity contribution in [1.29, 1.82) is 0 Å². The molecule has 0 spiro atoms. The van der Waals surface area contributed by atoms with Crippen molar-refractivity contribution in [2.24, 2.45) is 0 Å². The van der Waals surface area contributed by atoms with E-state index in [4.69, 9.17) is 21.1 Å². The van der Waals surface area contributed by atoms with E-state index in [1.54, 1.807) is 19.2 Å². The molecule has 1 aliphatic rings. The van der Waals surface area contributed by atoms with Gasteiger partial charge in [0.25, 0.3) is 0 Å². The van der Waals surface area contributed by atoms with Gasteiger partial charge in [-0.25, -0.2) is 9.97 Å². The number of rotatable bonds is 6. The van der Waals surface area contributed by atoms with Crippen molar-refractivity contribution in [1.82, 2.24) is 9.97 Å². The standard InChI is InChI=1S/C16H19ClN4O2/c1-22-14-5-4-11(17)7-13(14)21-16-8-15(19-10-20-16)18-9-12-3-2-6-23-12/h4-5,7-8,10,12H,2-3,6,9H2,1H3,(H2,18,19,20,21). The summed E-state index contributed by atoms with van der Waals surface area (Å²) < 4.78 is 10.9. The van der Waals surface area contributed by atoms with Gasteiger partial charge in [-0.3, -0.25) is 0 Å². The van der Waals surface area contributed by atoms with E-state index in [0.29, 0.717) is 16.6 Å². The third-order valence-corrected chi connectivity index (χ3v) is 3.86. The molecule has 2 heterocycles. The molecular weight excluding hydrogens is 316 g/mol. The summed E-state index contributed by atoms with van der Waals surface area (Å²) in [5, 5.41) is 7.10. The van der Waals surface area contributed by atoms with Crippen LogP contribution in [0.3, 0.4) is 0 Å². The van der Waals surface area contributed by atoms with Crippen LogP contribution in [0, 0.1) is 0 Å². The lowest BCUT2D eigenvalue weighted by molar-refractivity contribution is 0.120. The number of halogens is 1. The van der Waals surface area contributed by atoms with Crippen LogP contribution in [0.25, 0.3) is 0 Å². The van der Waals surface area contributed by atoms with Gasteiger partial charge in [0.15, 0.2) is 0 Å². The van der Waals surface area contributed by atoms with Crippen molar-refractivity contribution in [2.45, 2.75) is 18.9 Å². The maximum atomic E-state index is 6.04. The van der Waals surface area contributed by atoms with E-state index in [2.05, 4.69) is 20.6 Å². The molecule has 1 aliphatic heterocycles. The van der Waals surface area contributed by atoms with Gasteiger partial charge in [0, 0.05) is 24.2 Å². The molecule has 0 aliphatic carbocycles. The topological polar surface area (TPSA) is 68.3 Å². The van der Waals surface area contributed by atoms with Crippen LogP contribution in [0.2, 0.25) is 5.02 Å². The molecule has 122 valence electrons. The van der Waals surface area contributed by atoms with Crippen molar-refractivity contribution < 1.29 is 9.47 Å². The number of hydrogen-bond donors (Lipinski definition) is 2. The highest BCUT2D eigenvalue weighted by Gasteiger charge is 2.15. The van der Waals surface area contributed by atoms with Gasteiger partial charge in [-0.2, -0.15) is 0 Å². The van der Waals surface area contributed by atoms with E-state index in [1.807, 2.05) is 12.1 Å². The zero-order valence-corrected chi connectivity index (χ0v) is 13.6. The zero-order chi connectivity index (χ0) is 16.1. The number of hydrogen-bond acceptors (Lipinski definition) is 6. The Labute approximate surface area is 140 Å². The minimum absolute atomic E-state index is 0.259. The zero-order valence-electron chi connectivity index (χ0n) is 12.9. The van der Waals surface area contributed by atoms with Gasteiger partial charge in [0.05, 0.1) is 18.9 Å². The second kappa shape index (κ2) is 7.48. The molecule has 1 aromatic heterocycles. The number of nitrogens with one attached hydrogen (secondary N) is 2. The van der Waals surface area contributed by atoms with Crippen LogP contribution in [0.4, 0.5) is 17.3 Å². The smallest absolute Gasteiger partial charge is 0.142 e. The summed E-state index contributed by atoms with van der Waals surface area (Å²) in [4.78, 5) is 8.45. The highest BCUT2D eigenvalue weighted by atomic mass is 35.5. The summed E-state index contributed by atoms with van der Waals surface area (Å²) in [6.07, 6.45) is 3.98. The third kappa shape index (κ3) is 4.24. The van der Waals surface area contributed by atoms with E-state index in [0.717, 1.165) is 37.5 Å². The predicted octanol–water partition coefficient (Wildman–Crippen LogP) is 3.47. The number of ether oxygens (including phenoxy) is 2. The van der Waals surface area contributed by atoms with E-state index in [9.17, 15) is 0 Å². The normalized spacial score (nSPS) is 17.0. The van der Waals surface area contributed by atoms with Crippen molar-refractivity contribution in [2.75, 3.05) is 30.9 Å². The van der Waals surface area contributed by atoms with Crippen LogP contribution in [-0.2, 0) is 4.74 Å². The predicted molar refractivity (Wildman–Crippen MR) is 90.8 cm³/mol. The molecule has 2 aromatic rings. The van der Waals surface area contributed by atoms with Crippen LogP contribution < -0.4 is 15.4 Å². The number of nitrogens with zero attached hydrogens (tertiary/aromatic N) is 2.